The van der Waals surface area contributed by atoms with Crippen LogP contribution in [0.1, 0.15) is 41.7 Å². The van der Waals surface area contributed by atoms with Gasteiger partial charge in [0.1, 0.15) is 5.69 Å². The van der Waals surface area contributed by atoms with E-state index in [9.17, 15) is 4.79 Å². The summed E-state index contributed by atoms with van der Waals surface area (Å²) in [5.41, 5.74) is 0.603. The number of rotatable bonds is 5. The SMILES string of the molecule is CCCc1nc(C(=O)N2CCC[C@@H]2COC)cs1. The zero-order chi connectivity index (χ0) is 13.0. The van der Waals surface area contributed by atoms with Gasteiger partial charge in [-0.3, -0.25) is 4.79 Å². The summed E-state index contributed by atoms with van der Waals surface area (Å²) in [7, 11) is 1.68. The lowest BCUT2D eigenvalue weighted by atomic mass is 10.2. The quantitative estimate of drug-likeness (QED) is 0.823. The molecule has 1 amide bonds. The summed E-state index contributed by atoms with van der Waals surface area (Å²) in [6.07, 6.45) is 4.12. The average Bonchev–Trinajstić information content (AvgIpc) is 2.98. The smallest absolute Gasteiger partial charge is 0.273 e. The molecule has 2 heterocycles. The van der Waals surface area contributed by atoms with E-state index in [2.05, 4.69) is 11.9 Å². The van der Waals surface area contributed by atoms with Crippen LogP contribution >= 0.6 is 11.3 Å². The van der Waals surface area contributed by atoms with Gasteiger partial charge in [-0.2, -0.15) is 0 Å². The van der Waals surface area contributed by atoms with E-state index in [1.165, 1.54) is 0 Å². The normalized spacial score (nSPS) is 19.4. The number of aryl methyl sites for hydroxylation is 1. The Morgan fingerprint density at radius 3 is 3.22 bits per heavy atom. The molecule has 2 rings (SSSR count). The van der Waals surface area contributed by atoms with Gasteiger partial charge in [-0.15, -0.1) is 11.3 Å². The Balaban J connectivity index is 2.05. The van der Waals surface area contributed by atoms with Gasteiger partial charge in [0.15, 0.2) is 0 Å². The first kappa shape index (κ1) is 13.5. The summed E-state index contributed by atoms with van der Waals surface area (Å²) < 4.78 is 5.17. The van der Waals surface area contributed by atoms with Crippen molar-refractivity contribution in [2.45, 2.75) is 38.6 Å². The molecule has 5 heteroatoms. The molecule has 0 spiro atoms. The van der Waals surface area contributed by atoms with Gasteiger partial charge in [-0.05, 0) is 25.7 Å². The number of likely N-dealkylation sites (tertiary alicyclic amines) is 1. The van der Waals surface area contributed by atoms with Crippen molar-refractivity contribution in [3.8, 4) is 0 Å². The molecule has 0 radical (unpaired) electrons. The second-order valence-electron chi connectivity index (χ2n) is 4.63. The van der Waals surface area contributed by atoms with Crippen LogP contribution in [0.15, 0.2) is 5.38 Å². The fraction of sp³-hybridized carbons (Fsp3) is 0.692. The number of hydrogen-bond acceptors (Lipinski definition) is 4. The van der Waals surface area contributed by atoms with Gasteiger partial charge in [0, 0.05) is 19.0 Å². The van der Waals surface area contributed by atoms with Crippen molar-refractivity contribution in [3.63, 3.8) is 0 Å². The monoisotopic (exact) mass is 268 g/mol. The summed E-state index contributed by atoms with van der Waals surface area (Å²) in [6, 6.07) is 0.221. The highest BCUT2D eigenvalue weighted by atomic mass is 32.1. The lowest BCUT2D eigenvalue weighted by Crippen LogP contribution is -2.38. The number of carbonyl (C=O) groups excluding carboxylic acids is 1. The highest BCUT2D eigenvalue weighted by Gasteiger charge is 2.30. The van der Waals surface area contributed by atoms with E-state index < -0.39 is 0 Å². The van der Waals surface area contributed by atoms with Crippen LogP contribution < -0.4 is 0 Å². The van der Waals surface area contributed by atoms with Gasteiger partial charge in [-0.1, -0.05) is 6.92 Å². The molecular weight excluding hydrogens is 248 g/mol. The first-order chi connectivity index (χ1) is 8.76. The summed E-state index contributed by atoms with van der Waals surface area (Å²) in [5.74, 6) is 0.0631. The van der Waals surface area contributed by atoms with Crippen molar-refractivity contribution in [3.05, 3.63) is 16.1 Å². The zero-order valence-electron chi connectivity index (χ0n) is 11.0. The van der Waals surface area contributed by atoms with Crippen molar-refractivity contribution in [2.24, 2.45) is 0 Å². The van der Waals surface area contributed by atoms with Crippen LogP contribution in [0, 0.1) is 0 Å². The zero-order valence-corrected chi connectivity index (χ0v) is 11.8. The molecule has 0 bridgehead atoms. The molecule has 1 atom stereocenters. The van der Waals surface area contributed by atoms with Gasteiger partial charge < -0.3 is 9.64 Å². The van der Waals surface area contributed by atoms with Crippen LogP contribution in [0.3, 0.4) is 0 Å². The summed E-state index contributed by atoms with van der Waals surface area (Å²) in [5, 5.41) is 2.94. The Labute approximate surface area is 112 Å². The van der Waals surface area contributed by atoms with Crippen molar-refractivity contribution >= 4 is 17.2 Å². The predicted octanol–water partition coefficient (Wildman–Crippen LogP) is 2.35. The van der Waals surface area contributed by atoms with Gasteiger partial charge in [0.05, 0.1) is 17.7 Å². The number of methoxy groups -OCH3 is 1. The fourth-order valence-corrected chi connectivity index (χ4v) is 3.23. The van der Waals surface area contributed by atoms with E-state index in [4.69, 9.17) is 4.74 Å². The van der Waals surface area contributed by atoms with Gasteiger partial charge in [0.2, 0.25) is 0 Å². The third-order valence-corrected chi connectivity index (χ3v) is 4.14. The third-order valence-electron chi connectivity index (χ3n) is 3.23. The van der Waals surface area contributed by atoms with Crippen LogP contribution in [-0.2, 0) is 11.2 Å². The standard InChI is InChI=1S/C13H20N2O2S/c1-3-5-12-14-11(9-18-12)13(16)15-7-4-6-10(15)8-17-2/h9-10H,3-8H2,1-2H3/t10-/m1/s1. The molecule has 1 aliphatic heterocycles. The van der Waals surface area contributed by atoms with Crippen LogP contribution in [0.4, 0.5) is 0 Å². The minimum Gasteiger partial charge on any atom is -0.383 e. The molecule has 4 nitrogen and oxygen atoms in total. The second kappa shape index (κ2) is 6.29. The third kappa shape index (κ3) is 2.90. The lowest BCUT2D eigenvalue weighted by molar-refractivity contribution is 0.0625. The number of amides is 1. The minimum absolute atomic E-state index is 0.0631. The van der Waals surface area contributed by atoms with E-state index in [1.807, 2.05) is 10.3 Å². The first-order valence-electron chi connectivity index (χ1n) is 6.50. The van der Waals surface area contributed by atoms with E-state index in [-0.39, 0.29) is 11.9 Å². The number of nitrogens with zero attached hydrogens (tertiary/aromatic N) is 2. The highest BCUT2D eigenvalue weighted by Crippen LogP contribution is 2.21. The molecule has 1 aromatic heterocycles. The molecular formula is C13H20N2O2S. The van der Waals surface area contributed by atoms with Crippen molar-refractivity contribution in [2.75, 3.05) is 20.3 Å². The van der Waals surface area contributed by atoms with E-state index >= 15 is 0 Å². The Morgan fingerprint density at radius 2 is 2.50 bits per heavy atom. The largest absolute Gasteiger partial charge is 0.383 e. The van der Waals surface area contributed by atoms with Gasteiger partial charge in [-0.25, -0.2) is 4.98 Å². The molecule has 100 valence electrons. The average molecular weight is 268 g/mol. The van der Waals surface area contributed by atoms with Crippen LogP contribution in [0.2, 0.25) is 0 Å². The van der Waals surface area contributed by atoms with E-state index in [0.29, 0.717) is 12.3 Å². The first-order valence-corrected chi connectivity index (χ1v) is 7.38. The number of carbonyl (C=O) groups is 1. The molecule has 0 N–H and O–H groups in total. The maximum atomic E-state index is 12.4. The van der Waals surface area contributed by atoms with Gasteiger partial charge in [0.25, 0.3) is 5.91 Å². The summed E-state index contributed by atoms with van der Waals surface area (Å²) in [4.78, 5) is 18.7. The molecule has 1 saturated heterocycles. The topological polar surface area (TPSA) is 42.4 Å². The minimum atomic E-state index is 0.0631. The maximum Gasteiger partial charge on any atom is 0.273 e. The molecule has 0 aliphatic carbocycles. The molecule has 1 aliphatic rings. The van der Waals surface area contributed by atoms with Crippen molar-refractivity contribution < 1.29 is 9.53 Å². The molecule has 0 saturated carbocycles. The molecule has 1 fully saturated rings. The summed E-state index contributed by atoms with van der Waals surface area (Å²) in [6.45, 7) is 3.57. The number of ether oxygens (including phenoxy) is 1. The van der Waals surface area contributed by atoms with Crippen LogP contribution in [0.25, 0.3) is 0 Å². The van der Waals surface area contributed by atoms with E-state index in [0.717, 1.165) is 37.2 Å². The Bertz CT molecular complexity index is 405. The van der Waals surface area contributed by atoms with Crippen molar-refractivity contribution in [1.82, 2.24) is 9.88 Å². The number of aromatic nitrogens is 1. The molecule has 0 aromatic carbocycles. The maximum absolute atomic E-state index is 12.4. The Kier molecular flexibility index (Phi) is 4.72. The van der Waals surface area contributed by atoms with Crippen molar-refractivity contribution in [1.29, 1.82) is 0 Å². The van der Waals surface area contributed by atoms with Crippen LogP contribution in [-0.4, -0.2) is 42.1 Å². The van der Waals surface area contributed by atoms with Gasteiger partial charge >= 0.3 is 0 Å². The van der Waals surface area contributed by atoms with Crippen LogP contribution in [0.5, 0.6) is 0 Å². The Hall–Kier alpha value is -0.940. The number of hydrogen-bond donors (Lipinski definition) is 0. The van der Waals surface area contributed by atoms with E-state index in [1.54, 1.807) is 18.4 Å². The highest BCUT2D eigenvalue weighted by molar-refractivity contribution is 7.09. The molecule has 1 aromatic rings. The number of thiazole rings is 1. The Morgan fingerprint density at radius 1 is 1.67 bits per heavy atom. The lowest BCUT2D eigenvalue weighted by Gasteiger charge is -2.23. The predicted molar refractivity (Wildman–Crippen MR) is 72.0 cm³/mol. The fourth-order valence-electron chi connectivity index (χ4n) is 2.35. The molecule has 0 unspecified atom stereocenters. The second-order valence-corrected chi connectivity index (χ2v) is 5.57. The molecule has 18 heavy (non-hydrogen) atoms. The summed E-state index contributed by atoms with van der Waals surface area (Å²) >= 11 is 1.59.